The van der Waals surface area contributed by atoms with E-state index in [4.69, 9.17) is 16.8 Å². The van der Waals surface area contributed by atoms with E-state index in [-0.39, 0.29) is 10.8 Å². The molecule has 6 nitrogen and oxygen atoms in total. The number of halogens is 1. The zero-order chi connectivity index (χ0) is 15.2. The van der Waals surface area contributed by atoms with Crippen LogP contribution in [-0.2, 0) is 0 Å². The number of carbonyl (C=O) groups excluding carboxylic acids is 1. The van der Waals surface area contributed by atoms with E-state index in [1.807, 2.05) is 5.48 Å². The number of nitrogens with one attached hydrogen (secondary N) is 2. The smallest absolute Gasteiger partial charge is 0.271 e. The number of hydrogen-bond acceptors (Lipinski definition) is 5. The zero-order valence-corrected chi connectivity index (χ0v) is 11.5. The van der Waals surface area contributed by atoms with Crippen molar-refractivity contribution in [3.63, 3.8) is 0 Å². The van der Waals surface area contributed by atoms with Gasteiger partial charge in [-0.05, 0) is 36.4 Å². The third kappa shape index (κ3) is 3.71. The quantitative estimate of drug-likeness (QED) is 0.516. The molecule has 0 spiro atoms. The molecule has 108 valence electrons. The van der Waals surface area contributed by atoms with Crippen molar-refractivity contribution in [2.45, 2.75) is 0 Å². The average Bonchev–Trinajstić information content (AvgIpc) is 2.51. The molecule has 21 heavy (non-hydrogen) atoms. The first kappa shape index (κ1) is 14.8. The molecular formula is C14H12ClN3O3. The van der Waals surface area contributed by atoms with Gasteiger partial charge in [-0.25, -0.2) is 5.43 Å². The molecule has 0 aliphatic carbocycles. The summed E-state index contributed by atoms with van der Waals surface area (Å²) in [4.78, 5) is 11.8. The number of phenols is 1. The van der Waals surface area contributed by atoms with E-state index in [9.17, 15) is 9.90 Å². The Kier molecular flexibility index (Phi) is 4.76. The van der Waals surface area contributed by atoms with Crippen molar-refractivity contribution in [1.29, 1.82) is 0 Å². The van der Waals surface area contributed by atoms with Gasteiger partial charge in [0, 0.05) is 11.1 Å². The number of hydrogen-bond donors (Lipinski definition) is 4. The van der Waals surface area contributed by atoms with Gasteiger partial charge in [-0.2, -0.15) is 5.10 Å². The minimum Gasteiger partial charge on any atom is -0.506 e. The standard InChI is InChI=1S/C14H12ClN3O3/c15-12-3-1-2-10(13(12)19)8-16-17-14(20)9-4-6-11(18-21)7-5-9/h1-8,18-19,21H,(H,17,20)/b16-8+. The maximum Gasteiger partial charge on any atom is 0.271 e. The summed E-state index contributed by atoms with van der Waals surface area (Å²) in [5.74, 6) is -0.521. The van der Waals surface area contributed by atoms with Crippen LogP contribution in [-0.4, -0.2) is 22.4 Å². The first-order valence-corrected chi connectivity index (χ1v) is 6.30. The number of carbonyl (C=O) groups is 1. The molecule has 2 aromatic carbocycles. The van der Waals surface area contributed by atoms with E-state index in [0.717, 1.165) is 0 Å². The van der Waals surface area contributed by atoms with Crippen LogP contribution in [0.25, 0.3) is 0 Å². The molecule has 0 radical (unpaired) electrons. The molecule has 0 atom stereocenters. The molecule has 0 aliphatic rings. The highest BCUT2D eigenvalue weighted by Crippen LogP contribution is 2.25. The number of phenolic OH excluding ortho intramolecular Hbond substituents is 1. The van der Waals surface area contributed by atoms with Crippen molar-refractivity contribution >= 4 is 29.4 Å². The van der Waals surface area contributed by atoms with Crippen LogP contribution in [0.15, 0.2) is 47.6 Å². The lowest BCUT2D eigenvalue weighted by Gasteiger charge is -2.02. The van der Waals surface area contributed by atoms with Crippen LogP contribution in [0.1, 0.15) is 15.9 Å². The fraction of sp³-hybridized carbons (Fsp3) is 0. The van der Waals surface area contributed by atoms with Crippen molar-refractivity contribution in [2.75, 3.05) is 5.48 Å². The lowest BCUT2D eigenvalue weighted by atomic mass is 10.2. The fourth-order valence-electron chi connectivity index (χ4n) is 1.56. The van der Waals surface area contributed by atoms with Crippen LogP contribution in [0, 0.1) is 0 Å². The third-order valence-corrected chi connectivity index (χ3v) is 2.97. The maximum atomic E-state index is 11.8. The fourth-order valence-corrected chi connectivity index (χ4v) is 1.74. The monoisotopic (exact) mass is 305 g/mol. The van der Waals surface area contributed by atoms with Crippen LogP contribution >= 0.6 is 11.6 Å². The first-order valence-electron chi connectivity index (χ1n) is 5.93. The summed E-state index contributed by atoms with van der Waals surface area (Å²) < 4.78 is 0. The van der Waals surface area contributed by atoms with Crippen molar-refractivity contribution in [3.05, 3.63) is 58.6 Å². The van der Waals surface area contributed by atoms with Crippen LogP contribution in [0.5, 0.6) is 5.75 Å². The molecular weight excluding hydrogens is 294 g/mol. The maximum absolute atomic E-state index is 11.8. The van der Waals surface area contributed by atoms with Gasteiger partial charge >= 0.3 is 0 Å². The number of rotatable bonds is 4. The second kappa shape index (κ2) is 6.74. The van der Waals surface area contributed by atoms with Crippen LogP contribution in [0.2, 0.25) is 5.02 Å². The summed E-state index contributed by atoms with van der Waals surface area (Å²) in [5, 5.41) is 22.3. The Balaban J connectivity index is 2.03. The number of amides is 1. The normalized spacial score (nSPS) is 10.6. The van der Waals surface area contributed by atoms with Gasteiger partial charge in [-0.1, -0.05) is 17.7 Å². The molecule has 7 heteroatoms. The molecule has 0 heterocycles. The predicted molar refractivity (Wildman–Crippen MR) is 80.0 cm³/mol. The SMILES string of the molecule is O=C(N/N=C/c1cccc(Cl)c1O)c1ccc(NO)cc1. The summed E-state index contributed by atoms with van der Waals surface area (Å²) in [6.07, 6.45) is 1.29. The number of anilines is 1. The van der Waals surface area contributed by atoms with E-state index in [2.05, 4.69) is 10.5 Å². The molecule has 1 amide bonds. The van der Waals surface area contributed by atoms with Crippen molar-refractivity contribution < 1.29 is 15.1 Å². The molecule has 0 bridgehead atoms. The summed E-state index contributed by atoms with van der Waals surface area (Å²) in [6, 6.07) is 11.0. The molecule has 0 aliphatic heterocycles. The largest absolute Gasteiger partial charge is 0.506 e. The Morgan fingerprint density at radius 1 is 1.19 bits per heavy atom. The highest BCUT2D eigenvalue weighted by molar-refractivity contribution is 6.32. The number of aromatic hydroxyl groups is 1. The van der Waals surface area contributed by atoms with Gasteiger partial charge in [0.2, 0.25) is 0 Å². The Hall–Kier alpha value is -2.57. The lowest BCUT2D eigenvalue weighted by molar-refractivity contribution is 0.0955. The van der Waals surface area contributed by atoms with E-state index in [0.29, 0.717) is 16.8 Å². The molecule has 4 N–H and O–H groups in total. The zero-order valence-electron chi connectivity index (χ0n) is 10.7. The minimum atomic E-state index is -0.419. The van der Waals surface area contributed by atoms with E-state index < -0.39 is 5.91 Å². The number of benzene rings is 2. The summed E-state index contributed by atoms with van der Waals surface area (Å²) in [7, 11) is 0. The molecule has 0 unspecified atom stereocenters. The van der Waals surface area contributed by atoms with Gasteiger partial charge in [-0.15, -0.1) is 0 Å². The molecule has 0 fully saturated rings. The van der Waals surface area contributed by atoms with Gasteiger partial charge in [0.05, 0.1) is 16.9 Å². The summed E-state index contributed by atoms with van der Waals surface area (Å²) >= 11 is 5.75. The van der Waals surface area contributed by atoms with Gasteiger partial charge in [0.15, 0.2) is 0 Å². The highest BCUT2D eigenvalue weighted by Gasteiger charge is 2.05. The van der Waals surface area contributed by atoms with Crippen LogP contribution in [0.3, 0.4) is 0 Å². The molecule has 0 saturated heterocycles. The predicted octanol–water partition coefficient (Wildman–Crippen LogP) is 2.61. The number of hydrazone groups is 1. The third-order valence-electron chi connectivity index (χ3n) is 2.66. The number of para-hydroxylation sites is 1. The molecule has 0 saturated carbocycles. The number of nitrogens with zero attached hydrogens (tertiary/aromatic N) is 1. The Morgan fingerprint density at radius 3 is 2.57 bits per heavy atom. The van der Waals surface area contributed by atoms with Crippen molar-refractivity contribution in [1.82, 2.24) is 5.43 Å². The lowest BCUT2D eigenvalue weighted by Crippen LogP contribution is -2.17. The van der Waals surface area contributed by atoms with Crippen molar-refractivity contribution in [2.24, 2.45) is 5.10 Å². The van der Waals surface area contributed by atoms with Crippen LogP contribution < -0.4 is 10.9 Å². The van der Waals surface area contributed by atoms with Gasteiger partial charge in [0.1, 0.15) is 5.75 Å². The Labute approximate surface area is 125 Å². The second-order valence-corrected chi connectivity index (χ2v) is 4.47. The Morgan fingerprint density at radius 2 is 1.90 bits per heavy atom. The van der Waals surface area contributed by atoms with Gasteiger partial charge < -0.3 is 5.11 Å². The van der Waals surface area contributed by atoms with Gasteiger partial charge in [-0.3, -0.25) is 15.5 Å². The first-order chi connectivity index (χ1) is 10.1. The van der Waals surface area contributed by atoms with Crippen molar-refractivity contribution in [3.8, 4) is 5.75 Å². The topological polar surface area (TPSA) is 94.0 Å². The minimum absolute atomic E-state index is 0.101. The molecule has 2 aromatic rings. The van der Waals surface area contributed by atoms with Crippen LogP contribution in [0.4, 0.5) is 5.69 Å². The van der Waals surface area contributed by atoms with E-state index >= 15 is 0 Å². The molecule has 0 aromatic heterocycles. The highest BCUT2D eigenvalue weighted by atomic mass is 35.5. The van der Waals surface area contributed by atoms with Gasteiger partial charge in [0.25, 0.3) is 5.91 Å². The van der Waals surface area contributed by atoms with E-state index in [1.54, 1.807) is 30.3 Å². The van der Waals surface area contributed by atoms with E-state index in [1.165, 1.54) is 18.3 Å². The summed E-state index contributed by atoms with van der Waals surface area (Å²) in [6.45, 7) is 0. The second-order valence-electron chi connectivity index (χ2n) is 4.07. The molecule has 2 rings (SSSR count). The average molecular weight is 306 g/mol. The summed E-state index contributed by atoms with van der Waals surface area (Å²) in [5.41, 5.74) is 5.53. The Bertz CT molecular complexity index is 672.